The largest absolute Gasteiger partial charge is 0.496 e. The van der Waals surface area contributed by atoms with Crippen molar-refractivity contribution in [2.24, 2.45) is 11.7 Å². The number of hydrogen-bond acceptors (Lipinski definition) is 3. The Morgan fingerprint density at radius 1 is 1.44 bits per heavy atom. The van der Waals surface area contributed by atoms with Crippen molar-refractivity contribution in [1.82, 2.24) is 0 Å². The summed E-state index contributed by atoms with van der Waals surface area (Å²) in [6.45, 7) is 3.77. The van der Waals surface area contributed by atoms with Crippen molar-refractivity contribution in [3.05, 3.63) is 27.8 Å². The van der Waals surface area contributed by atoms with Crippen LogP contribution in [0.5, 0.6) is 5.75 Å². The molecule has 1 aliphatic rings. The highest BCUT2D eigenvalue weighted by Crippen LogP contribution is 2.37. The van der Waals surface area contributed by atoms with Crippen LogP contribution in [0.2, 0.25) is 5.02 Å². The number of rotatable bonds is 3. The Labute approximate surface area is 112 Å². The molecule has 3 nitrogen and oxygen atoms in total. The monoisotopic (exact) mass is 267 g/mol. The molecule has 4 heteroatoms. The summed E-state index contributed by atoms with van der Waals surface area (Å²) >= 11 is 6.22. The fourth-order valence-electron chi connectivity index (χ4n) is 2.47. The quantitative estimate of drug-likeness (QED) is 0.857. The van der Waals surface area contributed by atoms with Gasteiger partial charge in [-0.3, -0.25) is 4.79 Å². The number of carbonyl (C=O) groups excluding carboxylic acids is 1. The van der Waals surface area contributed by atoms with Gasteiger partial charge in [-0.25, -0.2) is 0 Å². The number of hydrogen-bond donors (Lipinski definition) is 1. The fraction of sp³-hybridized carbons (Fsp3) is 0.500. The van der Waals surface area contributed by atoms with Crippen LogP contribution in [0.3, 0.4) is 0 Å². The van der Waals surface area contributed by atoms with Gasteiger partial charge in [0.1, 0.15) is 5.75 Å². The number of benzene rings is 1. The maximum absolute atomic E-state index is 12.4. The molecule has 1 fully saturated rings. The molecule has 0 spiro atoms. The van der Waals surface area contributed by atoms with Gasteiger partial charge in [0.05, 0.1) is 12.7 Å². The Hall–Kier alpha value is -1.06. The molecular weight excluding hydrogens is 250 g/mol. The van der Waals surface area contributed by atoms with Gasteiger partial charge in [-0.1, -0.05) is 11.6 Å². The van der Waals surface area contributed by atoms with E-state index in [1.807, 2.05) is 19.9 Å². The van der Waals surface area contributed by atoms with Crippen molar-refractivity contribution in [2.75, 3.05) is 7.11 Å². The second-order valence-electron chi connectivity index (χ2n) is 5.00. The molecule has 0 unspecified atom stereocenters. The minimum Gasteiger partial charge on any atom is -0.496 e. The number of methoxy groups -OCH3 is 1. The Morgan fingerprint density at radius 3 is 2.56 bits per heavy atom. The smallest absolute Gasteiger partial charge is 0.170 e. The standard InChI is InChI=1S/C14H18ClNO2/c1-7-4-11(18-3)12(8(2)13(7)15)14(17)9-5-10(16)6-9/h4,9-10H,5-6,16H2,1-3H3. The molecule has 0 atom stereocenters. The number of Topliss-reactive ketones (excluding diaryl/α,β-unsaturated/α-hetero) is 1. The molecular formula is C14H18ClNO2. The summed E-state index contributed by atoms with van der Waals surface area (Å²) in [6.07, 6.45) is 1.51. The Morgan fingerprint density at radius 2 is 2.06 bits per heavy atom. The summed E-state index contributed by atoms with van der Waals surface area (Å²) in [5.74, 6) is 0.735. The highest BCUT2D eigenvalue weighted by atomic mass is 35.5. The number of ketones is 1. The van der Waals surface area contributed by atoms with Gasteiger partial charge in [0.2, 0.25) is 0 Å². The minimum atomic E-state index is 0.0198. The maximum Gasteiger partial charge on any atom is 0.170 e. The molecule has 1 saturated carbocycles. The van der Waals surface area contributed by atoms with Crippen LogP contribution in [0.15, 0.2) is 6.07 Å². The van der Waals surface area contributed by atoms with Gasteiger partial charge < -0.3 is 10.5 Å². The molecule has 0 aliphatic heterocycles. The summed E-state index contributed by atoms with van der Waals surface area (Å²) in [6, 6.07) is 1.98. The van der Waals surface area contributed by atoms with E-state index in [0.29, 0.717) is 16.3 Å². The van der Waals surface area contributed by atoms with E-state index in [-0.39, 0.29) is 17.7 Å². The molecule has 0 aromatic heterocycles. The average molecular weight is 268 g/mol. The first kappa shape index (κ1) is 13.4. The third kappa shape index (κ3) is 2.13. The van der Waals surface area contributed by atoms with Crippen LogP contribution in [0.1, 0.15) is 34.3 Å². The topological polar surface area (TPSA) is 52.3 Å². The van der Waals surface area contributed by atoms with Gasteiger partial charge in [-0.05, 0) is 43.9 Å². The summed E-state index contributed by atoms with van der Waals surface area (Å²) in [4.78, 5) is 12.4. The zero-order valence-electron chi connectivity index (χ0n) is 10.9. The Kier molecular flexibility index (Phi) is 3.64. The van der Waals surface area contributed by atoms with E-state index >= 15 is 0 Å². The number of ether oxygens (including phenoxy) is 1. The molecule has 1 aliphatic carbocycles. The summed E-state index contributed by atoms with van der Waals surface area (Å²) in [7, 11) is 1.57. The van der Waals surface area contributed by atoms with E-state index in [1.54, 1.807) is 7.11 Å². The van der Waals surface area contributed by atoms with E-state index < -0.39 is 0 Å². The molecule has 0 radical (unpaired) electrons. The second-order valence-corrected chi connectivity index (χ2v) is 5.38. The van der Waals surface area contributed by atoms with Crippen LogP contribution in [0.25, 0.3) is 0 Å². The van der Waals surface area contributed by atoms with Crippen LogP contribution >= 0.6 is 11.6 Å². The first-order valence-electron chi connectivity index (χ1n) is 6.09. The van der Waals surface area contributed by atoms with Crippen LogP contribution in [0.4, 0.5) is 0 Å². The van der Waals surface area contributed by atoms with Gasteiger partial charge in [0, 0.05) is 17.0 Å². The predicted octanol–water partition coefficient (Wildman–Crippen LogP) is 2.89. The molecule has 0 saturated heterocycles. The zero-order valence-corrected chi connectivity index (χ0v) is 11.7. The zero-order chi connectivity index (χ0) is 13.4. The van der Waals surface area contributed by atoms with Gasteiger partial charge in [-0.2, -0.15) is 0 Å². The van der Waals surface area contributed by atoms with Gasteiger partial charge >= 0.3 is 0 Å². The fourth-order valence-corrected chi connectivity index (χ4v) is 2.62. The SMILES string of the molecule is COc1cc(C)c(Cl)c(C)c1C(=O)C1CC(N)C1. The molecule has 2 N–H and O–H groups in total. The van der Waals surface area contributed by atoms with Crippen molar-refractivity contribution in [1.29, 1.82) is 0 Å². The lowest BCUT2D eigenvalue weighted by atomic mass is 9.75. The van der Waals surface area contributed by atoms with Gasteiger partial charge in [-0.15, -0.1) is 0 Å². The minimum absolute atomic E-state index is 0.0198. The number of halogens is 1. The molecule has 0 amide bonds. The van der Waals surface area contributed by atoms with Crippen molar-refractivity contribution in [2.45, 2.75) is 32.7 Å². The van der Waals surface area contributed by atoms with E-state index in [0.717, 1.165) is 24.0 Å². The average Bonchev–Trinajstić information content (AvgIpc) is 2.30. The van der Waals surface area contributed by atoms with Crippen LogP contribution in [-0.2, 0) is 0 Å². The van der Waals surface area contributed by atoms with Crippen LogP contribution in [0, 0.1) is 19.8 Å². The third-order valence-electron chi connectivity index (χ3n) is 3.66. The molecule has 98 valence electrons. The third-order valence-corrected chi connectivity index (χ3v) is 4.24. The normalized spacial score (nSPS) is 22.5. The van der Waals surface area contributed by atoms with E-state index in [9.17, 15) is 4.79 Å². The lowest BCUT2D eigenvalue weighted by Crippen LogP contribution is -2.40. The molecule has 18 heavy (non-hydrogen) atoms. The van der Waals surface area contributed by atoms with Crippen LogP contribution in [-0.4, -0.2) is 18.9 Å². The molecule has 0 bridgehead atoms. The predicted molar refractivity (Wildman–Crippen MR) is 72.5 cm³/mol. The van der Waals surface area contributed by atoms with Crippen molar-refractivity contribution in [3.63, 3.8) is 0 Å². The molecule has 2 rings (SSSR count). The Bertz CT molecular complexity index is 493. The maximum atomic E-state index is 12.4. The van der Waals surface area contributed by atoms with Crippen LogP contribution < -0.4 is 10.5 Å². The van der Waals surface area contributed by atoms with E-state index in [4.69, 9.17) is 22.1 Å². The lowest BCUT2D eigenvalue weighted by Gasteiger charge is -2.32. The summed E-state index contributed by atoms with van der Waals surface area (Å²) in [5, 5.41) is 0.641. The van der Waals surface area contributed by atoms with Crippen molar-refractivity contribution >= 4 is 17.4 Å². The van der Waals surface area contributed by atoms with Crippen molar-refractivity contribution in [3.8, 4) is 5.75 Å². The number of nitrogens with two attached hydrogens (primary N) is 1. The molecule has 1 aromatic rings. The summed E-state index contributed by atoms with van der Waals surface area (Å²) in [5.41, 5.74) is 8.08. The van der Waals surface area contributed by atoms with E-state index in [1.165, 1.54) is 0 Å². The Balaban J connectivity index is 2.43. The second kappa shape index (κ2) is 4.90. The van der Waals surface area contributed by atoms with Gasteiger partial charge in [0.25, 0.3) is 0 Å². The summed E-state index contributed by atoms with van der Waals surface area (Å²) < 4.78 is 5.32. The first-order chi connectivity index (χ1) is 8.45. The number of aryl methyl sites for hydroxylation is 1. The highest BCUT2D eigenvalue weighted by Gasteiger charge is 2.35. The lowest BCUT2D eigenvalue weighted by molar-refractivity contribution is 0.0829. The van der Waals surface area contributed by atoms with E-state index in [2.05, 4.69) is 0 Å². The molecule has 0 heterocycles. The van der Waals surface area contributed by atoms with Gasteiger partial charge in [0.15, 0.2) is 5.78 Å². The first-order valence-corrected chi connectivity index (χ1v) is 6.47. The molecule has 1 aromatic carbocycles. The highest BCUT2D eigenvalue weighted by molar-refractivity contribution is 6.32. The number of carbonyl (C=O) groups is 1. The van der Waals surface area contributed by atoms with Crippen molar-refractivity contribution < 1.29 is 9.53 Å².